The first-order valence-electron chi connectivity index (χ1n) is 8.03. The standard InChI is InChI=1S/C16H33N3O2/c1-12(2)14(20)16(4,5)11-17-15(21)13(3)19-9-7-18(6)8-10-19/h12-14,20H,7-11H2,1-6H3,(H,17,21). The van der Waals surface area contributed by atoms with Crippen molar-refractivity contribution in [3.8, 4) is 0 Å². The number of carbonyl (C=O) groups is 1. The molecule has 1 rings (SSSR count). The first-order valence-corrected chi connectivity index (χ1v) is 8.03. The summed E-state index contributed by atoms with van der Waals surface area (Å²) in [6.07, 6.45) is -0.420. The molecule has 5 heteroatoms. The molecular formula is C16H33N3O2. The van der Waals surface area contributed by atoms with Crippen LogP contribution in [0.15, 0.2) is 0 Å². The number of amides is 1. The highest BCUT2D eigenvalue weighted by atomic mass is 16.3. The number of aliphatic hydroxyl groups excluding tert-OH is 1. The van der Waals surface area contributed by atoms with E-state index in [1.165, 1.54) is 0 Å². The third-order valence-electron chi connectivity index (χ3n) is 4.62. The van der Waals surface area contributed by atoms with Crippen molar-refractivity contribution < 1.29 is 9.90 Å². The third kappa shape index (κ3) is 5.24. The molecule has 1 saturated heterocycles. The minimum Gasteiger partial charge on any atom is -0.392 e. The molecule has 1 aliphatic heterocycles. The smallest absolute Gasteiger partial charge is 0.237 e. The van der Waals surface area contributed by atoms with Gasteiger partial charge in [-0.05, 0) is 19.9 Å². The van der Waals surface area contributed by atoms with E-state index in [0.717, 1.165) is 26.2 Å². The Morgan fingerprint density at radius 3 is 2.19 bits per heavy atom. The largest absolute Gasteiger partial charge is 0.392 e. The van der Waals surface area contributed by atoms with Crippen LogP contribution in [-0.2, 0) is 4.79 Å². The minimum absolute atomic E-state index is 0.0589. The molecule has 0 aromatic carbocycles. The van der Waals surface area contributed by atoms with Crippen molar-refractivity contribution in [2.45, 2.75) is 46.8 Å². The van der Waals surface area contributed by atoms with Crippen molar-refractivity contribution >= 4 is 5.91 Å². The van der Waals surface area contributed by atoms with Crippen molar-refractivity contribution in [3.63, 3.8) is 0 Å². The lowest BCUT2D eigenvalue weighted by molar-refractivity contribution is -0.127. The van der Waals surface area contributed by atoms with Gasteiger partial charge in [-0.2, -0.15) is 0 Å². The van der Waals surface area contributed by atoms with Crippen LogP contribution in [0.2, 0.25) is 0 Å². The fourth-order valence-corrected chi connectivity index (χ4v) is 2.84. The molecule has 0 radical (unpaired) electrons. The lowest BCUT2D eigenvalue weighted by Gasteiger charge is -2.37. The number of carbonyl (C=O) groups excluding carboxylic acids is 1. The molecule has 21 heavy (non-hydrogen) atoms. The van der Waals surface area contributed by atoms with Gasteiger partial charge in [0.05, 0.1) is 12.1 Å². The summed E-state index contributed by atoms with van der Waals surface area (Å²) in [5.41, 5.74) is -0.314. The predicted octanol–water partition coefficient (Wildman–Crippen LogP) is 0.782. The number of likely N-dealkylation sites (N-methyl/N-ethyl adjacent to an activating group) is 1. The summed E-state index contributed by atoms with van der Waals surface area (Å²) in [4.78, 5) is 16.8. The number of nitrogens with one attached hydrogen (secondary N) is 1. The summed E-state index contributed by atoms with van der Waals surface area (Å²) in [6, 6.07) is -0.106. The Balaban J connectivity index is 2.46. The molecule has 2 N–H and O–H groups in total. The second-order valence-corrected chi connectivity index (χ2v) is 7.41. The lowest BCUT2D eigenvalue weighted by Crippen LogP contribution is -2.54. The number of nitrogens with zero attached hydrogens (tertiary/aromatic N) is 2. The van der Waals surface area contributed by atoms with Gasteiger partial charge in [0.25, 0.3) is 0 Å². The van der Waals surface area contributed by atoms with Gasteiger partial charge in [-0.1, -0.05) is 27.7 Å². The Labute approximate surface area is 129 Å². The summed E-state index contributed by atoms with van der Waals surface area (Å²) in [5.74, 6) is 0.246. The molecular weight excluding hydrogens is 266 g/mol. The van der Waals surface area contributed by atoms with E-state index in [2.05, 4.69) is 22.2 Å². The van der Waals surface area contributed by atoms with Gasteiger partial charge in [-0.25, -0.2) is 0 Å². The molecule has 0 aliphatic carbocycles. The highest BCUT2D eigenvalue weighted by Crippen LogP contribution is 2.25. The van der Waals surface area contributed by atoms with Crippen molar-refractivity contribution in [3.05, 3.63) is 0 Å². The Hall–Kier alpha value is -0.650. The first-order chi connectivity index (χ1) is 9.65. The molecule has 1 fully saturated rings. The Bertz CT molecular complexity index is 336. The van der Waals surface area contributed by atoms with Gasteiger partial charge in [0.2, 0.25) is 5.91 Å². The summed E-state index contributed by atoms with van der Waals surface area (Å²) in [6.45, 7) is 14.4. The second kappa shape index (κ2) is 7.56. The molecule has 1 aliphatic rings. The van der Waals surface area contributed by atoms with Crippen LogP contribution >= 0.6 is 0 Å². The normalized spacial score (nSPS) is 21.3. The quantitative estimate of drug-likeness (QED) is 0.761. The molecule has 0 aromatic heterocycles. The third-order valence-corrected chi connectivity index (χ3v) is 4.62. The number of rotatable bonds is 6. The minimum atomic E-state index is -0.420. The fourth-order valence-electron chi connectivity index (χ4n) is 2.84. The van der Waals surface area contributed by atoms with Gasteiger partial charge >= 0.3 is 0 Å². The molecule has 1 amide bonds. The highest BCUT2D eigenvalue weighted by Gasteiger charge is 2.32. The average molecular weight is 299 g/mol. The number of hydrogen-bond donors (Lipinski definition) is 2. The summed E-state index contributed by atoms with van der Waals surface area (Å²) in [5, 5.41) is 13.2. The molecule has 5 nitrogen and oxygen atoms in total. The van der Waals surface area contributed by atoms with Crippen LogP contribution in [0.3, 0.4) is 0 Å². The van der Waals surface area contributed by atoms with Crippen LogP contribution in [0.5, 0.6) is 0 Å². The van der Waals surface area contributed by atoms with E-state index in [1.807, 2.05) is 34.6 Å². The average Bonchev–Trinajstić information content (AvgIpc) is 2.43. The predicted molar refractivity (Wildman–Crippen MR) is 86.2 cm³/mol. The van der Waals surface area contributed by atoms with Gasteiger partial charge in [0, 0.05) is 38.1 Å². The zero-order chi connectivity index (χ0) is 16.2. The van der Waals surface area contributed by atoms with E-state index in [9.17, 15) is 9.90 Å². The van der Waals surface area contributed by atoms with Gasteiger partial charge in [0.1, 0.15) is 0 Å². The summed E-state index contributed by atoms with van der Waals surface area (Å²) >= 11 is 0. The Morgan fingerprint density at radius 2 is 1.71 bits per heavy atom. The SMILES string of the molecule is CC(C)C(O)C(C)(C)CNC(=O)C(C)N1CCN(C)CC1. The zero-order valence-corrected chi connectivity index (χ0v) is 14.5. The zero-order valence-electron chi connectivity index (χ0n) is 14.5. The van der Waals surface area contributed by atoms with E-state index >= 15 is 0 Å². The van der Waals surface area contributed by atoms with E-state index in [4.69, 9.17) is 0 Å². The van der Waals surface area contributed by atoms with Crippen molar-refractivity contribution in [1.82, 2.24) is 15.1 Å². The maximum absolute atomic E-state index is 12.3. The van der Waals surface area contributed by atoms with Gasteiger partial charge in [-0.3, -0.25) is 9.69 Å². The van der Waals surface area contributed by atoms with Gasteiger partial charge < -0.3 is 15.3 Å². The summed E-state index contributed by atoms with van der Waals surface area (Å²) in [7, 11) is 2.11. The molecule has 124 valence electrons. The molecule has 2 unspecified atom stereocenters. The number of aliphatic hydroxyl groups is 1. The van der Waals surface area contributed by atoms with Gasteiger partial charge in [0.15, 0.2) is 0 Å². The fraction of sp³-hybridized carbons (Fsp3) is 0.938. The van der Waals surface area contributed by atoms with Crippen molar-refractivity contribution in [1.29, 1.82) is 0 Å². The second-order valence-electron chi connectivity index (χ2n) is 7.41. The molecule has 0 aromatic rings. The van der Waals surface area contributed by atoms with E-state index in [-0.39, 0.29) is 23.3 Å². The van der Waals surface area contributed by atoms with Crippen LogP contribution < -0.4 is 5.32 Å². The van der Waals surface area contributed by atoms with Crippen molar-refractivity contribution in [2.75, 3.05) is 39.8 Å². The summed E-state index contributed by atoms with van der Waals surface area (Å²) < 4.78 is 0. The molecule has 2 atom stereocenters. The monoisotopic (exact) mass is 299 g/mol. The maximum Gasteiger partial charge on any atom is 0.237 e. The number of hydrogen-bond acceptors (Lipinski definition) is 4. The van der Waals surface area contributed by atoms with E-state index in [1.54, 1.807) is 0 Å². The van der Waals surface area contributed by atoms with Crippen LogP contribution in [0, 0.1) is 11.3 Å². The van der Waals surface area contributed by atoms with Crippen LogP contribution in [0.4, 0.5) is 0 Å². The molecule has 0 bridgehead atoms. The van der Waals surface area contributed by atoms with Gasteiger partial charge in [-0.15, -0.1) is 0 Å². The van der Waals surface area contributed by atoms with E-state index in [0.29, 0.717) is 6.54 Å². The Kier molecular flexibility index (Phi) is 6.63. The topological polar surface area (TPSA) is 55.8 Å². The lowest BCUT2D eigenvalue weighted by atomic mass is 9.80. The molecule has 0 spiro atoms. The van der Waals surface area contributed by atoms with Crippen LogP contribution in [0.1, 0.15) is 34.6 Å². The van der Waals surface area contributed by atoms with Crippen molar-refractivity contribution in [2.24, 2.45) is 11.3 Å². The Morgan fingerprint density at radius 1 is 1.19 bits per heavy atom. The highest BCUT2D eigenvalue weighted by molar-refractivity contribution is 5.81. The number of piperazine rings is 1. The van der Waals surface area contributed by atoms with Crippen LogP contribution in [0.25, 0.3) is 0 Å². The molecule has 0 saturated carbocycles. The van der Waals surface area contributed by atoms with E-state index < -0.39 is 6.10 Å². The maximum atomic E-state index is 12.3. The molecule has 1 heterocycles. The van der Waals surface area contributed by atoms with Crippen LogP contribution in [-0.4, -0.2) is 72.7 Å². The first kappa shape index (κ1) is 18.4.